The van der Waals surface area contributed by atoms with Gasteiger partial charge in [-0.1, -0.05) is 11.6 Å². The van der Waals surface area contributed by atoms with Crippen LogP contribution in [0.3, 0.4) is 0 Å². The number of ketones is 1. The highest BCUT2D eigenvalue weighted by molar-refractivity contribution is 6.31. The first-order valence-electron chi connectivity index (χ1n) is 9.39. The second-order valence-electron chi connectivity index (χ2n) is 6.97. The van der Waals surface area contributed by atoms with Gasteiger partial charge < -0.3 is 13.9 Å². The maximum absolute atomic E-state index is 12.7. The number of carbonyl (C=O) groups excluding carboxylic acids is 2. The van der Waals surface area contributed by atoms with Crippen molar-refractivity contribution in [3.63, 3.8) is 0 Å². The predicted molar refractivity (Wildman–Crippen MR) is 115 cm³/mol. The standard InChI is InChI=1S/C24H14ClNO5/c1-13-18(31-24(28)21-12-15-11-16(25)2-4-19(15)29-21)5-3-17-22(27)20(30-23(13)17)10-14-6-8-26-9-7-14/h2-12H,1H3/b20-10-. The maximum Gasteiger partial charge on any atom is 0.379 e. The van der Waals surface area contributed by atoms with E-state index in [1.807, 2.05) is 0 Å². The summed E-state index contributed by atoms with van der Waals surface area (Å²) in [7, 11) is 0. The zero-order valence-corrected chi connectivity index (χ0v) is 17.0. The summed E-state index contributed by atoms with van der Waals surface area (Å²) in [5.74, 6) is -0.00392. The third kappa shape index (κ3) is 3.47. The molecule has 4 aromatic rings. The zero-order valence-electron chi connectivity index (χ0n) is 16.2. The number of ether oxygens (including phenoxy) is 2. The van der Waals surface area contributed by atoms with Crippen LogP contribution in [0.25, 0.3) is 17.0 Å². The summed E-state index contributed by atoms with van der Waals surface area (Å²) in [5.41, 5.74) is 2.27. The van der Waals surface area contributed by atoms with Gasteiger partial charge >= 0.3 is 5.97 Å². The molecule has 1 aliphatic rings. The number of Topliss-reactive ketones (excluding diaryl/α,β-unsaturated/α-hetero) is 1. The number of aromatic nitrogens is 1. The normalized spacial score (nSPS) is 14.0. The molecule has 0 unspecified atom stereocenters. The molecular weight excluding hydrogens is 418 g/mol. The fourth-order valence-corrected chi connectivity index (χ4v) is 3.54. The van der Waals surface area contributed by atoms with Gasteiger partial charge in [0.15, 0.2) is 5.76 Å². The fraction of sp³-hybridized carbons (Fsp3) is 0.0417. The number of allylic oxidation sites excluding steroid dienone is 1. The molecule has 0 saturated carbocycles. The van der Waals surface area contributed by atoms with E-state index in [1.54, 1.807) is 73.9 Å². The summed E-state index contributed by atoms with van der Waals surface area (Å²) >= 11 is 5.98. The number of hydrogen-bond acceptors (Lipinski definition) is 6. The Morgan fingerprint density at radius 2 is 1.90 bits per heavy atom. The summed E-state index contributed by atoms with van der Waals surface area (Å²) in [5, 5.41) is 1.24. The molecule has 3 heterocycles. The van der Waals surface area contributed by atoms with Crippen molar-refractivity contribution >= 4 is 40.4 Å². The highest BCUT2D eigenvalue weighted by Gasteiger charge is 2.30. The van der Waals surface area contributed by atoms with Crippen LogP contribution in [0.1, 0.15) is 32.0 Å². The smallest absolute Gasteiger partial charge is 0.379 e. The molecule has 1 aliphatic heterocycles. The Kier molecular flexibility index (Phi) is 4.56. The third-order valence-electron chi connectivity index (χ3n) is 4.92. The average Bonchev–Trinajstić information content (AvgIpc) is 3.32. The fourth-order valence-electron chi connectivity index (χ4n) is 3.35. The molecule has 7 heteroatoms. The van der Waals surface area contributed by atoms with E-state index in [2.05, 4.69) is 4.98 Å². The van der Waals surface area contributed by atoms with Crippen molar-refractivity contribution < 1.29 is 23.5 Å². The summed E-state index contributed by atoms with van der Waals surface area (Å²) in [6.07, 6.45) is 4.91. The Balaban J connectivity index is 1.42. The first kappa shape index (κ1) is 19.1. The van der Waals surface area contributed by atoms with Crippen molar-refractivity contribution in [2.75, 3.05) is 0 Å². The highest BCUT2D eigenvalue weighted by Crippen LogP contribution is 2.39. The van der Waals surface area contributed by atoms with Gasteiger partial charge in [0.1, 0.15) is 17.1 Å². The van der Waals surface area contributed by atoms with Crippen LogP contribution in [0.4, 0.5) is 0 Å². The van der Waals surface area contributed by atoms with Gasteiger partial charge in [0.05, 0.1) is 5.56 Å². The number of benzene rings is 2. The Morgan fingerprint density at radius 3 is 2.71 bits per heavy atom. The van der Waals surface area contributed by atoms with Gasteiger partial charge in [0.2, 0.25) is 11.5 Å². The summed E-state index contributed by atoms with van der Waals surface area (Å²) in [4.78, 5) is 29.3. The first-order valence-corrected chi connectivity index (χ1v) is 9.76. The largest absolute Gasteiger partial charge is 0.452 e. The molecule has 152 valence electrons. The Bertz CT molecular complexity index is 1390. The van der Waals surface area contributed by atoms with Crippen LogP contribution in [-0.2, 0) is 0 Å². The molecule has 0 atom stereocenters. The molecular formula is C24H14ClNO5. The monoisotopic (exact) mass is 431 g/mol. The molecule has 6 nitrogen and oxygen atoms in total. The summed E-state index contributed by atoms with van der Waals surface area (Å²) in [6.45, 7) is 1.72. The second kappa shape index (κ2) is 7.41. The molecule has 0 bridgehead atoms. The lowest BCUT2D eigenvalue weighted by atomic mass is 10.1. The Hall–Kier alpha value is -3.90. The van der Waals surface area contributed by atoms with E-state index in [-0.39, 0.29) is 23.1 Å². The number of nitrogens with zero attached hydrogens (tertiary/aromatic N) is 1. The SMILES string of the molecule is Cc1c(OC(=O)c2cc3cc(Cl)ccc3o2)ccc2c1O/C(=C\c1ccncc1)C2=O. The number of furan rings is 1. The van der Waals surface area contributed by atoms with Gasteiger partial charge in [0.25, 0.3) is 0 Å². The lowest BCUT2D eigenvalue weighted by Crippen LogP contribution is -2.08. The van der Waals surface area contributed by atoms with E-state index in [4.69, 9.17) is 25.5 Å². The topological polar surface area (TPSA) is 78.6 Å². The molecule has 0 spiro atoms. The molecule has 0 saturated heterocycles. The van der Waals surface area contributed by atoms with Crippen LogP contribution in [-0.4, -0.2) is 16.7 Å². The number of esters is 1. The van der Waals surface area contributed by atoms with Crippen molar-refractivity contribution in [3.8, 4) is 11.5 Å². The van der Waals surface area contributed by atoms with Crippen LogP contribution in [0.5, 0.6) is 11.5 Å². The van der Waals surface area contributed by atoms with Crippen LogP contribution >= 0.6 is 11.6 Å². The maximum atomic E-state index is 12.7. The highest BCUT2D eigenvalue weighted by atomic mass is 35.5. The van der Waals surface area contributed by atoms with Gasteiger partial charge in [-0.2, -0.15) is 0 Å². The molecule has 0 fully saturated rings. The minimum Gasteiger partial charge on any atom is -0.452 e. The molecule has 0 radical (unpaired) electrons. The van der Waals surface area contributed by atoms with E-state index in [9.17, 15) is 9.59 Å². The van der Waals surface area contributed by atoms with E-state index >= 15 is 0 Å². The number of pyridine rings is 1. The van der Waals surface area contributed by atoms with Crippen LogP contribution < -0.4 is 9.47 Å². The van der Waals surface area contributed by atoms with Gasteiger partial charge in [-0.05, 0) is 67.1 Å². The number of halogens is 1. The molecule has 2 aromatic heterocycles. The van der Waals surface area contributed by atoms with Crippen LogP contribution in [0.15, 0.2) is 71.1 Å². The number of rotatable bonds is 3. The minimum absolute atomic E-state index is 0.0485. The average molecular weight is 432 g/mol. The minimum atomic E-state index is -0.660. The molecule has 5 rings (SSSR count). The van der Waals surface area contributed by atoms with Crippen molar-refractivity contribution in [1.29, 1.82) is 0 Å². The number of fused-ring (bicyclic) bond motifs is 2. The van der Waals surface area contributed by atoms with E-state index in [0.717, 1.165) is 5.56 Å². The molecule has 0 N–H and O–H groups in total. The van der Waals surface area contributed by atoms with E-state index < -0.39 is 5.97 Å². The van der Waals surface area contributed by atoms with E-state index in [0.29, 0.717) is 32.9 Å². The summed E-state index contributed by atoms with van der Waals surface area (Å²) in [6, 6.07) is 13.3. The first-order chi connectivity index (χ1) is 15.0. The second-order valence-corrected chi connectivity index (χ2v) is 7.40. The summed E-state index contributed by atoms with van der Waals surface area (Å²) < 4.78 is 16.9. The van der Waals surface area contributed by atoms with E-state index in [1.165, 1.54) is 0 Å². The van der Waals surface area contributed by atoms with Crippen molar-refractivity contribution in [2.24, 2.45) is 0 Å². The number of hydrogen-bond donors (Lipinski definition) is 0. The van der Waals surface area contributed by atoms with Gasteiger partial charge in [0, 0.05) is 28.4 Å². The number of carbonyl (C=O) groups is 2. The predicted octanol–water partition coefficient (Wildman–Crippen LogP) is 5.63. The van der Waals surface area contributed by atoms with Crippen molar-refractivity contribution in [1.82, 2.24) is 4.98 Å². The van der Waals surface area contributed by atoms with Gasteiger partial charge in [-0.15, -0.1) is 0 Å². The lowest BCUT2D eigenvalue weighted by Gasteiger charge is -2.09. The Labute approximate surface area is 181 Å². The van der Waals surface area contributed by atoms with Gasteiger partial charge in [-0.25, -0.2) is 4.79 Å². The molecule has 31 heavy (non-hydrogen) atoms. The zero-order chi connectivity index (χ0) is 21.5. The Morgan fingerprint density at radius 1 is 1.10 bits per heavy atom. The van der Waals surface area contributed by atoms with Crippen LogP contribution in [0.2, 0.25) is 5.02 Å². The van der Waals surface area contributed by atoms with Crippen molar-refractivity contribution in [2.45, 2.75) is 6.92 Å². The lowest BCUT2D eigenvalue weighted by molar-refractivity contribution is 0.0702. The molecule has 2 aromatic carbocycles. The third-order valence-corrected chi connectivity index (χ3v) is 5.16. The van der Waals surface area contributed by atoms with Crippen molar-refractivity contribution in [3.05, 3.63) is 94.2 Å². The van der Waals surface area contributed by atoms with Gasteiger partial charge in [-0.3, -0.25) is 9.78 Å². The van der Waals surface area contributed by atoms with Crippen LogP contribution in [0, 0.1) is 6.92 Å². The quantitative estimate of drug-likeness (QED) is 0.238. The molecule has 0 amide bonds. The molecule has 0 aliphatic carbocycles.